The molecular formula is C13H22F3N3O. The largest absolute Gasteiger partial charge is 0.405 e. The number of halogens is 3. The van der Waals surface area contributed by atoms with Gasteiger partial charge in [0.1, 0.15) is 6.04 Å². The monoisotopic (exact) mass is 293 g/mol. The van der Waals surface area contributed by atoms with E-state index in [4.69, 9.17) is 0 Å². The number of rotatable bonds is 2. The van der Waals surface area contributed by atoms with Crippen LogP contribution in [0.5, 0.6) is 0 Å². The van der Waals surface area contributed by atoms with Gasteiger partial charge in [-0.1, -0.05) is 6.92 Å². The van der Waals surface area contributed by atoms with Gasteiger partial charge in [-0.3, -0.25) is 9.69 Å². The summed E-state index contributed by atoms with van der Waals surface area (Å²) in [5.74, 6) is -0.284. The third-order valence-corrected chi connectivity index (χ3v) is 4.34. The Morgan fingerprint density at radius 1 is 1.25 bits per heavy atom. The molecule has 116 valence electrons. The van der Waals surface area contributed by atoms with Gasteiger partial charge >= 0.3 is 6.18 Å². The first-order chi connectivity index (χ1) is 9.41. The van der Waals surface area contributed by atoms with E-state index >= 15 is 0 Å². The van der Waals surface area contributed by atoms with Crippen LogP contribution in [0, 0.1) is 0 Å². The Morgan fingerprint density at radius 2 is 1.90 bits per heavy atom. The summed E-state index contributed by atoms with van der Waals surface area (Å²) in [6.07, 6.45) is -2.65. The van der Waals surface area contributed by atoms with Gasteiger partial charge in [0.15, 0.2) is 0 Å². The van der Waals surface area contributed by atoms with Gasteiger partial charge in [-0.15, -0.1) is 0 Å². The van der Waals surface area contributed by atoms with E-state index in [1.807, 2.05) is 0 Å². The average Bonchev–Trinajstić information content (AvgIpc) is 2.60. The van der Waals surface area contributed by atoms with Crippen LogP contribution < -0.4 is 5.32 Å². The second-order valence-corrected chi connectivity index (χ2v) is 5.51. The number of nitrogens with zero attached hydrogens (tertiary/aromatic N) is 2. The van der Waals surface area contributed by atoms with E-state index in [-0.39, 0.29) is 31.5 Å². The van der Waals surface area contributed by atoms with Crippen molar-refractivity contribution in [2.45, 2.75) is 44.4 Å². The first-order valence-corrected chi connectivity index (χ1v) is 7.23. The van der Waals surface area contributed by atoms with Crippen LogP contribution in [0.3, 0.4) is 0 Å². The number of piperidine rings is 1. The van der Waals surface area contributed by atoms with Gasteiger partial charge in [0, 0.05) is 25.6 Å². The van der Waals surface area contributed by atoms with E-state index in [1.54, 1.807) is 0 Å². The van der Waals surface area contributed by atoms with Crippen molar-refractivity contribution in [3.8, 4) is 0 Å². The minimum atomic E-state index is -4.29. The molecule has 2 fully saturated rings. The molecule has 1 amide bonds. The van der Waals surface area contributed by atoms with Crippen molar-refractivity contribution in [3.05, 3.63) is 0 Å². The van der Waals surface area contributed by atoms with Crippen molar-refractivity contribution in [2.75, 3.05) is 32.7 Å². The zero-order chi connectivity index (χ0) is 14.8. The summed E-state index contributed by atoms with van der Waals surface area (Å²) in [7, 11) is 0. The van der Waals surface area contributed by atoms with Crippen LogP contribution in [0.2, 0.25) is 0 Å². The second kappa shape index (κ2) is 6.30. The second-order valence-electron chi connectivity index (χ2n) is 5.51. The molecule has 20 heavy (non-hydrogen) atoms. The SMILES string of the molecule is CCN1CCC(N2CCC(=O)NCC2C(F)(F)F)CC1. The Hall–Kier alpha value is -0.820. The fourth-order valence-corrected chi connectivity index (χ4v) is 3.11. The Bertz CT molecular complexity index is 340. The number of likely N-dealkylation sites (tertiary alicyclic amines) is 1. The average molecular weight is 293 g/mol. The van der Waals surface area contributed by atoms with Gasteiger partial charge in [0.2, 0.25) is 5.91 Å². The highest BCUT2D eigenvalue weighted by atomic mass is 19.4. The van der Waals surface area contributed by atoms with E-state index in [9.17, 15) is 18.0 Å². The summed E-state index contributed by atoms with van der Waals surface area (Å²) >= 11 is 0. The zero-order valence-electron chi connectivity index (χ0n) is 11.7. The Balaban J connectivity index is 2.07. The fraction of sp³-hybridized carbons (Fsp3) is 0.923. The molecule has 2 aliphatic rings. The molecule has 4 nitrogen and oxygen atoms in total. The van der Waals surface area contributed by atoms with Crippen LogP contribution in [0.4, 0.5) is 13.2 Å². The van der Waals surface area contributed by atoms with Crippen molar-refractivity contribution >= 4 is 5.91 Å². The summed E-state index contributed by atoms with van der Waals surface area (Å²) in [5, 5.41) is 2.38. The maximum Gasteiger partial charge on any atom is 0.405 e. The number of hydrogen-bond acceptors (Lipinski definition) is 3. The minimum absolute atomic E-state index is 0.0721. The van der Waals surface area contributed by atoms with Crippen molar-refractivity contribution < 1.29 is 18.0 Å². The highest BCUT2D eigenvalue weighted by molar-refractivity contribution is 5.76. The molecule has 0 radical (unpaired) electrons. The molecule has 0 aromatic rings. The number of hydrogen-bond donors (Lipinski definition) is 1. The first-order valence-electron chi connectivity index (χ1n) is 7.23. The Labute approximate surface area is 117 Å². The lowest BCUT2D eigenvalue weighted by Gasteiger charge is -2.41. The van der Waals surface area contributed by atoms with Crippen LogP contribution >= 0.6 is 0 Å². The van der Waals surface area contributed by atoms with E-state index in [0.717, 1.165) is 32.5 Å². The number of alkyl halides is 3. The number of nitrogens with one attached hydrogen (secondary N) is 1. The molecule has 2 heterocycles. The quantitative estimate of drug-likeness (QED) is 0.831. The highest BCUT2D eigenvalue weighted by Gasteiger charge is 2.47. The van der Waals surface area contributed by atoms with E-state index < -0.39 is 12.2 Å². The summed E-state index contributed by atoms with van der Waals surface area (Å²) in [4.78, 5) is 15.1. The molecule has 2 aliphatic heterocycles. The normalized spacial score (nSPS) is 28.2. The van der Waals surface area contributed by atoms with Gasteiger partial charge in [-0.25, -0.2) is 0 Å². The molecule has 0 aliphatic carbocycles. The maximum atomic E-state index is 13.2. The smallest absolute Gasteiger partial charge is 0.354 e. The fourth-order valence-electron chi connectivity index (χ4n) is 3.11. The number of carbonyl (C=O) groups excluding carboxylic acids is 1. The zero-order valence-corrected chi connectivity index (χ0v) is 11.7. The van der Waals surface area contributed by atoms with Crippen molar-refractivity contribution in [1.82, 2.24) is 15.1 Å². The molecule has 0 aromatic carbocycles. The van der Waals surface area contributed by atoms with E-state index in [0.29, 0.717) is 0 Å². The molecule has 0 aromatic heterocycles. The van der Waals surface area contributed by atoms with Crippen LogP contribution in [0.1, 0.15) is 26.2 Å². The van der Waals surface area contributed by atoms with Crippen LogP contribution in [-0.2, 0) is 4.79 Å². The van der Waals surface area contributed by atoms with Gasteiger partial charge in [0.05, 0.1) is 0 Å². The third kappa shape index (κ3) is 3.63. The standard InChI is InChI=1S/C13H22F3N3O/c1-2-18-6-3-10(4-7-18)19-8-5-12(20)17-9-11(19)13(14,15)16/h10-11H,2-9H2,1H3,(H,17,20). The molecule has 1 unspecified atom stereocenters. The molecule has 0 saturated carbocycles. The molecule has 0 spiro atoms. The third-order valence-electron chi connectivity index (χ3n) is 4.34. The Kier molecular flexibility index (Phi) is 4.90. The molecule has 7 heteroatoms. The van der Waals surface area contributed by atoms with Crippen LogP contribution in [0.25, 0.3) is 0 Å². The topological polar surface area (TPSA) is 35.6 Å². The molecule has 1 atom stereocenters. The van der Waals surface area contributed by atoms with Crippen molar-refractivity contribution in [1.29, 1.82) is 0 Å². The van der Waals surface area contributed by atoms with E-state index in [1.165, 1.54) is 4.90 Å². The van der Waals surface area contributed by atoms with Gasteiger partial charge in [-0.05, 0) is 32.5 Å². The molecule has 2 rings (SSSR count). The summed E-state index contributed by atoms with van der Waals surface area (Å²) in [6, 6.07) is -1.62. The number of carbonyl (C=O) groups is 1. The predicted molar refractivity (Wildman–Crippen MR) is 69.3 cm³/mol. The van der Waals surface area contributed by atoms with Crippen molar-refractivity contribution in [3.63, 3.8) is 0 Å². The van der Waals surface area contributed by atoms with Gasteiger partial charge < -0.3 is 10.2 Å². The number of amides is 1. The van der Waals surface area contributed by atoms with Gasteiger partial charge in [0.25, 0.3) is 0 Å². The summed E-state index contributed by atoms with van der Waals surface area (Å²) in [5.41, 5.74) is 0. The van der Waals surface area contributed by atoms with E-state index in [2.05, 4.69) is 17.1 Å². The lowest BCUT2D eigenvalue weighted by Crippen LogP contribution is -2.56. The highest BCUT2D eigenvalue weighted by Crippen LogP contribution is 2.30. The molecular weight excluding hydrogens is 271 g/mol. The Morgan fingerprint density at radius 3 is 2.45 bits per heavy atom. The molecule has 2 saturated heterocycles. The predicted octanol–water partition coefficient (Wildman–Crippen LogP) is 1.22. The summed E-state index contributed by atoms with van der Waals surface area (Å²) in [6.45, 7) is 4.55. The molecule has 1 N–H and O–H groups in total. The van der Waals surface area contributed by atoms with Crippen LogP contribution in [-0.4, -0.2) is 66.7 Å². The lowest BCUT2D eigenvalue weighted by molar-refractivity contribution is -0.188. The minimum Gasteiger partial charge on any atom is -0.354 e. The van der Waals surface area contributed by atoms with Crippen LogP contribution in [0.15, 0.2) is 0 Å². The first kappa shape index (κ1) is 15.6. The molecule has 0 bridgehead atoms. The van der Waals surface area contributed by atoms with Crippen molar-refractivity contribution in [2.24, 2.45) is 0 Å². The summed E-state index contributed by atoms with van der Waals surface area (Å²) < 4.78 is 39.6. The van der Waals surface area contributed by atoms with Gasteiger partial charge in [-0.2, -0.15) is 13.2 Å². The lowest BCUT2D eigenvalue weighted by atomic mass is 10.0. The maximum absolute atomic E-state index is 13.2.